The summed E-state index contributed by atoms with van der Waals surface area (Å²) in [6, 6.07) is 4.71. The van der Waals surface area contributed by atoms with Crippen molar-refractivity contribution in [2.75, 3.05) is 0 Å². The summed E-state index contributed by atoms with van der Waals surface area (Å²) in [6.45, 7) is 0. The summed E-state index contributed by atoms with van der Waals surface area (Å²) in [4.78, 5) is 11.3. The van der Waals surface area contributed by atoms with Gasteiger partial charge in [0.1, 0.15) is 0 Å². The minimum Gasteiger partial charge on any atom is -0.293 e. The first kappa shape index (κ1) is 11.6. The van der Waals surface area contributed by atoms with Crippen LogP contribution >= 0.6 is 38.5 Å². The Morgan fingerprint density at radius 3 is 2.86 bits per heavy atom. The number of benzene rings is 1. The molecule has 0 radical (unpaired) electrons. The summed E-state index contributed by atoms with van der Waals surface area (Å²) in [5.41, 5.74) is 0.257. The largest absolute Gasteiger partial charge is 0.293 e. The van der Waals surface area contributed by atoms with Crippen molar-refractivity contribution in [1.29, 1.82) is 5.26 Å². The molecule has 0 aliphatic heterocycles. The molecule has 14 heavy (non-hydrogen) atoms. The lowest BCUT2D eigenvalue weighted by Gasteiger charge is -2.03. The molecule has 0 atom stereocenters. The van der Waals surface area contributed by atoms with Crippen molar-refractivity contribution in [3.8, 4) is 6.07 Å². The van der Waals surface area contributed by atoms with E-state index in [9.17, 15) is 9.18 Å². The number of carbonyl (C=O) groups excluding carboxylic acids is 1. The van der Waals surface area contributed by atoms with Gasteiger partial charge in [-0.2, -0.15) is 5.26 Å². The Balaban J connectivity index is 3.19. The molecular weight excluding hydrogens is 364 g/mol. The predicted octanol–water partition coefficient (Wildman–Crippen LogP) is 3.29. The molecule has 1 aromatic carbocycles. The Kier molecular flexibility index (Phi) is 4.01. The smallest absolute Gasteiger partial charge is 0.178 e. The Bertz CT molecular complexity index is 428. The SMILES string of the molecule is N#CCC(=O)c1ccc(Br)c(F)c1I. The van der Waals surface area contributed by atoms with E-state index in [-0.39, 0.29) is 21.3 Å². The van der Waals surface area contributed by atoms with E-state index in [0.29, 0.717) is 4.47 Å². The second-order valence-corrected chi connectivity index (χ2v) is 4.41. The number of nitrogens with zero attached hydrogens (tertiary/aromatic N) is 1. The molecule has 1 aromatic rings. The quantitative estimate of drug-likeness (QED) is 0.457. The molecule has 0 bridgehead atoms. The zero-order valence-electron chi connectivity index (χ0n) is 6.85. The Morgan fingerprint density at radius 1 is 1.64 bits per heavy atom. The van der Waals surface area contributed by atoms with Crippen molar-refractivity contribution >= 4 is 44.3 Å². The van der Waals surface area contributed by atoms with Gasteiger partial charge in [-0.05, 0) is 50.7 Å². The first-order chi connectivity index (χ1) is 6.57. The molecule has 0 aliphatic carbocycles. The number of ketones is 1. The lowest BCUT2D eigenvalue weighted by atomic mass is 10.1. The van der Waals surface area contributed by atoms with Gasteiger partial charge in [-0.1, -0.05) is 0 Å². The topological polar surface area (TPSA) is 40.9 Å². The highest BCUT2D eigenvalue weighted by Crippen LogP contribution is 2.24. The van der Waals surface area contributed by atoms with E-state index >= 15 is 0 Å². The van der Waals surface area contributed by atoms with E-state index in [1.165, 1.54) is 12.1 Å². The van der Waals surface area contributed by atoms with Gasteiger partial charge in [-0.25, -0.2) is 4.39 Å². The standard InChI is InChI=1S/C9H4BrFINO/c10-6-2-1-5(7(14)3-4-13)9(12)8(6)11/h1-2H,3H2. The number of Topliss-reactive ketones (excluding diaryl/α,β-unsaturated/α-hetero) is 1. The number of nitriles is 1. The van der Waals surface area contributed by atoms with Crippen molar-refractivity contribution < 1.29 is 9.18 Å². The van der Waals surface area contributed by atoms with Crippen LogP contribution in [-0.2, 0) is 0 Å². The zero-order valence-corrected chi connectivity index (χ0v) is 10.6. The average molecular weight is 368 g/mol. The van der Waals surface area contributed by atoms with Crippen molar-refractivity contribution in [2.45, 2.75) is 6.42 Å². The van der Waals surface area contributed by atoms with Gasteiger partial charge in [-0.3, -0.25) is 4.79 Å². The molecule has 0 saturated heterocycles. The van der Waals surface area contributed by atoms with Gasteiger partial charge in [-0.15, -0.1) is 0 Å². The van der Waals surface area contributed by atoms with Crippen LogP contribution in [0.15, 0.2) is 16.6 Å². The number of hydrogen-bond donors (Lipinski definition) is 0. The maximum Gasteiger partial charge on any atom is 0.178 e. The molecule has 0 N–H and O–H groups in total. The fraction of sp³-hybridized carbons (Fsp3) is 0.111. The van der Waals surface area contributed by atoms with Gasteiger partial charge in [0.2, 0.25) is 0 Å². The van der Waals surface area contributed by atoms with Crippen LogP contribution in [0.5, 0.6) is 0 Å². The van der Waals surface area contributed by atoms with Gasteiger partial charge in [0, 0.05) is 5.56 Å². The molecule has 5 heteroatoms. The molecule has 1 rings (SSSR count). The first-order valence-electron chi connectivity index (χ1n) is 3.61. The fourth-order valence-corrected chi connectivity index (χ4v) is 2.38. The van der Waals surface area contributed by atoms with E-state index in [1.807, 2.05) is 0 Å². The normalized spacial score (nSPS) is 9.57. The Labute approximate surface area is 102 Å². The molecule has 0 spiro atoms. The van der Waals surface area contributed by atoms with Gasteiger partial charge in [0.25, 0.3) is 0 Å². The van der Waals surface area contributed by atoms with E-state index in [2.05, 4.69) is 15.9 Å². The lowest BCUT2D eigenvalue weighted by Crippen LogP contribution is -2.02. The van der Waals surface area contributed by atoms with Crippen LogP contribution in [0.4, 0.5) is 4.39 Å². The highest BCUT2D eigenvalue weighted by atomic mass is 127. The Morgan fingerprint density at radius 2 is 2.29 bits per heavy atom. The van der Waals surface area contributed by atoms with E-state index in [4.69, 9.17) is 5.26 Å². The molecule has 0 unspecified atom stereocenters. The third-order valence-corrected chi connectivity index (χ3v) is 3.24. The van der Waals surface area contributed by atoms with Gasteiger partial charge >= 0.3 is 0 Å². The molecule has 0 aliphatic rings. The minimum absolute atomic E-state index is 0.225. The van der Waals surface area contributed by atoms with Crippen LogP contribution in [0.25, 0.3) is 0 Å². The van der Waals surface area contributed by atoms with Gasteiger partial charge < -0.3 is 0 Å². The predicted molar refractivity (Wildman–Crippen MR) is 61.4 cm³/mol. The summed E-state index contributed by atoms with van der Waals surface area (Å²) in [5.74, 6) is -0.822. The maximum atomic E-state index is 13.3. The van der Waals surface area contributed by atoms with E-state index in [0.717, 1.165) is 0 Å². The second kappa shape index (κ2) is 4.84. The van der Waals surface area contributed by atoms with Crippen LogP contribution in [0.3, 0.4) is 0 Å². The minimum atomic E-state index is -0.464. The van der Waals surface area contributed by atoms with Crippen molar-refractivity contribution in [3.63, 3.8) is 0 Å². The number of rotatable bonds is 2. The number of hydrogen-bond acceptors (Lipinski definition) is 2. The van der Waals surface area contributed by atoms with Crippen LogP contribution < -0.4 is 0 Å². The summed E-state index contributed by atoms with van der Waals surface area (Å²) in [6.07, 6.45) is -0.225. The molecular formula is C9H4BrFINO. The Hall–Kier alpha value is -0.480. The van der Waals surface area contributed by atoms with Crippen LogP contribution in [-0.4, -0.2) is 5.78 Å². The van der Waals surface area contributed by atoms with Gasteiger partial charge in [0.15, 0.2) is 11.6 Å². The number of halogens is 3. The summed E-state index contributed by atoms with van der Waals surface area (Å²) in [7, 11) is 0. The molecule has 0 fully saturated rings. The average Bonchev–Trinajstić information content (AvgIpc) is 2.15. The highest BCUT2D eigenvalue weighted by molar-refractivity contribution is 14.1. The van der Waals surface area contributed by atoms with Crippen LogP contribution in [0.1, 0.15) is 16.8 Å². The molecule has 2 nitrogen and oxygen atoms in total. The van der Waals surface area contributed by atoms with Crippen molar-refractivity contribution in [3.05, 3.63) is 31.6 Å². The van der Waals surface area contributed by atoms with E-state index < -0.39 is 5.82 Å². The molecule has 0 aromatic heterocycles. The van der Waals surface area contributed by atoms with Crippen molar-refractivity contribution in [1.82, 2.24) is 0 Å². The monoisotopic (exact) mass is 367 g/mol. The molecule has 0 saturated carbocycles. The third kappa shape index (κ3) is 2.30. The summed E-state index contributed by atoms with van der Waals surface area (Å²) >= 11 is 4.76. The van der Waals surface area contributed by atoms with Gasteiger partial charge in [0.05, 0.1) is 20.5 Å². The molecule has 0 amide bonds. The maximum absolute atomic E-state index is 13.3. The first-order valence-corrected chi connectivity index (χ1v) is 5.48. The lowest BCUT2D eigenvalue weighted by molar-refractivity contribution is 0.0996. The van der Waals surface area contributed by atoms with Crippen LogP contribution in [0, 0.1) is 20.7 Å². The molecule has 72 valence electrons. The van der Waals surface area contributed by atoms with E-state index in [1.54, 1.807) is 28.7 Å². The molecule has 0 heterocycles. The summed E-state index contributed by atoms with van der Waals surface area (Å²) in [5, 5.41) is 8.34. The van der Waals surface area contributed by atoms with Crippen LogP contribution in [0.2, 0.25) is 0 Å². The second-order valence-electron chi connectivity index (χ2n) is 2.48. The van der Waals surface area contributed by atoms with Crippen molar-refractivity contribution in [2.24, 2.45) is 0 Å². The fourth-order valence-electron chi connectivity index (χ4n) is 0.908. The zero-order chi connectivity index (χ0) is 10.7. The highest BCUT2D eigenvalue weighted by Gasteiger charge is 2.14. The third-order valence-electron chi connectivity index (χ3n) is 1.58. The number of carbonyl (C=O) groups is 1. The summed E-state index contributed by atoms with van der Waals surface area (Å²) < 4.78 is 13.9.